The Kier molecular flexibility index (Phi) is 10.3. The number of anilines is 1. The van der Waals surface area contributed by atoms with Gasteiger partial charge in [0.1, 0.15) is 11.4 Å². The van der Waals surface area contributed by atoms with Gasteiger partial charge in [0.2, 0.25) is 0 Å². The molecule has 1 fully saturated rings. The van der Waals surface area contributed by atoms with E-state index in [0.29, 0.717) is 18.7 Å². The van der Waals surface area contributed by atoms with E-state index in [1.807, 2.05) is 69.0 Å². The first kappa shape index (κ1) is 32.3. The van der Waals surface area contributed by atoms with Crippen molar-refractivity contribution in [3.63, 3.8) is 0 Å². The van der Waals surface area contributed by atoms with Gasteiger partial charge in [-0.05, 0) is 87.9 Å². The molecule has 7 heteroatoms. The maximum Gasteiger partial charge on any atom is 0.414 e. The number of imidazole rings is 1. The molecule has 0 spiro atoms. The van der Waals surface area contributed by atoms with Crippen LogP contribution >= 0.6 is 0 Å². The number of carbonyl (C=O) groups is 2. The lowest BCUT2D eigenvalue weighted by Crippen LogP contribution is -2.42. The van der Waals surface area contributed by atoms with Crippen LogP contribution in [0.1, 0.15) is 101 Å². The SMILES string of the molecule is CCCCc1nc2ccc(N(C(=O)OCC)C3CCCCC3)cc2n1Cc1ccc(-c2ccccc2C(=O)OC(C)(C)C)cc1. The molecule has 0 aliphatic heterocycles. The Hall–Kier alpha value is -4.13. The van der Waals surface area contributed by atoms with Crippen LogP contribution in [0.2, 0.25) is 0 Å². The lowest BCUT2D eigenvalue weighted by atomic mass is 9.94. The average Bonchev–Trinajstić information content (AvgIpc) is 3.36. The summed E-state index contributed by atoms with van der Waals surface area (Å²) in [6.45, 7) is 10.7. The molecule has 0 radical (unpaired) electrons. The molecule has 0 bridgehead atoms. The average molecular weight is 610 g/mol. The van der Waals surface area contributed by atoms with Gasteiger partial charge in [0.25, 0.3) is 0 Å². The molecule has 7 nitrogen and oxygen atoms in total. The minimum absolute atomic E-state index is 0.141. The van der Waals surface area contributed by atoms with Crippen LogP contribution in [0.3, 0.4) is 0 Å². The summed E-state index contributed by atoms with van der Waals surface area (Å²) in [5, 5.41) is 0. The number of amides is 1. The summed E-state index contributed by atoms with van der Waals surface area (Å²) < 4.78 is 13.5. The van der Waals surface area contributed by atoms with Crippen molar-refractivity contribution in [1.82, 2.24) is 9.55 Å². The van der Waals surface area contributed by atoms with E-state index in [-0.39, 0.29) is 18.1 Å². The van der Waals surface area contributed by atoms with E-state index >= 15 is 0 Å². The van der Waals surface area contributed by atoms with Gasteiger partial charge in [-0.3, -0.25) is 4.90 Å². The number of fused-ring (bicyclic) bond motifs is 1. The second-order valence-electron chi connectivity index (χ2n) is 13.0. The number of aromatic nitrogens is 2. The fourth-order valence-corrected chi connectivity index (χ4v) is 6.23. The monoisotopic (exact) mass is 609 g/mol. The van der Waals surface area contributed by atoms with Crippen molar-refractivity contribution in [2.75, 3.05) is 11.5 Å². The fraction of sp³-hybridized carbons (Fsp3) is 0.447. The van der Waals surface area contributed by atoms with Crippen molar-refractivity contribution in [2.24, 2.45) is 0 Å². The van der Waals surface area contributed by atoms with Gasteiger partial charge in [0.05, 0.1) is 23.2 Å². The zero-order valence-electron chi connectivity index (χ0n) is 27.5. The molecule has 5 rings (SSSR count). The quantitative estimate of drug-likeness (QED) is 0.168. The number of esters is 1. The van der Waals surface area contributed by atoms with Gasteiger partial charge in [-0.1, -0.05) is 75.1 Å². The van der Waals surface area contributed by atoms with E-state index in [1.165, 1.54) is 6.42 Å². The zero-order chi connectivity index (χ0) is 32.0. The van der Waals surface area contributed by atoms with Crippen molar-refractivity contribution in [2.45, 2.75) is 104 Å². The molecule has 4 aromatic rings. The summed E-state index contributed by atoms with van der Waals surface area (Å²) >= 11 is 0. The summed E-state index contributed by atoms with van der Waals surface area (Å²) in [4.78, 5) is 33.1. The Bertz CT molecular complexity index is 1610. The Labute approximate surface area is 267 Å². The molecule has 1 heterocycles. The highest BCUT2D eigenvalue weighted by molar-refractivity contribution is 5.97. The predicted octanol–water partition coefficient (Wildman–Crippen LogP) is 9.35. The van der Waals surface area contributed by atoms with Crippen LogP contribution in [-0.4, -0.2) is 39.9 Å². The summed E-state index contributed by atoms with van der Waals surface area (Å²) in [6.07, 6.45) is 8.18. The first-order valence-electron chi connectivity index (χ1n) is 16.5. The second-order valence-corrected chi connectivity index (χ2v) is 13.0. The Balaban J connectivity index is 1.48. The standard InChI is InChI=1S/C38H47N3O4/c1-6-8-18-35-39-33-24-23-30(41(37(43)44-7-2)29-14-10-9-11-15-29)25-34(33)40(35)26-27-19-21-28(22-20-27)31-16-12-13-17-32(31)36(42)45-38(3,4)5/h12-13,16-17,19-25,29H,6-11,14-15,18,26H2,1-5H3. The van der Waals surface area contributed by atoms with Gasteiger partial charge in [-0.25, -0.2) is 14.6 Å². The number of carbonyl (C=O) groups excluding carboxylic acids is 2. The van der Waals surface area contributed by atoms with Gasteiger partial charge in [0.15, 0.2) is 0 Å². The van der Waals surface area contributed by atoms with Gasteiger partial charge in [-0.2, -0.15) is 0 Å². The first-order chi connectivity index (χ1) is 21.7. The minimum atomic E-state index is -0.569. The van der Waals surface area contributed by atoms with E-state index in [2.05, 4.69) is 41.8 Å². The number of nitrogens with zero attached hydrogens (tertiary/aromatic N) is 3. The normalized spacial score (nSPS) is 14.0. The van der Waals surface area contributed by atoms with Gasteiger partial charge in [-0.15, -0.1) is 0 Å². The molecule has 0 saturated heterocycles. The van der Waals surface area contributed by atoms with Crippen LogP contribution in [-0.2, 0) is 22.4 Å². The topological polar surface area (TPSA) is 73.7 Å². The maximum absolute atomic E-state index is 13.2. The van der Waals surface area contributed by atoms with Crippen LogP contribution < -0.4 is 4.90 Å². The van der Waals surface area contributed by atoms with Crippen LogP contribution in [0.4, 0.5) is 10.5 Å². The number of unbranched alkanes of at least 4 members (excludes halogenated alkanes) is 1. The predicted molar refractivity (Wildman–Crippen MR) is 181 cm³/mol. The summed E-state index contributed by atoms with van der Waals surface area (Å²) in [5.74, 6) is 0.720. The van der Waals surface area contributed by atoms with E-state index in [1.54, 1.807) is 0 Å². The first-order valence-corrected chi connectivity index (χ1v) is 16.5. The second kappa shape index (κ2) is 14.3. The number of aryl methyl sites for hydroxylation is 1. The van der Waals surface area contributed by atoms with Gasteiger partial charge < -0.3 is 14.0 Å². The smallest absolute Gasteiger partial charge is 0.414 e. The van der Waals surface area contributed by atoms with E-state index in [4.69, 9.17) is 14.5 Å². The van der Waals surface area contributed by atoms with E-state index in [0.717, 1.165) is 84.2 Å². The van der Waals surface area contributed by atoms with Crippen molar-refractivity contribution in [1.29, 1.82) is 0 Å². The third-order valence-electron chi connectivity index (χ3n) is 8.40. The van der Waals surface area contributed by atoms with Crippen LogP contribution in [0.15, 0.2) is 66.7 Å². The molecule has 1 aliphatic rings. The number of rotatable bonds is 10. The van der Waals surface area contributed by atoms with Gasteiger partial charge in [0, 0.05) is 24.7 Å². The number of hydrogen-bond donors (Lipinski definition) is 0. The molecular formula is C38H47N3O4. The molecule has 1 saturated carbocycles. The van der Waals surface area contributed by atoms with E-state index in [9.17, 15) is 9.59 Å². The largest absolute Gasteiger partial charge is 0.456 e. The summed E-state index contributed by atoms with van der Waals surface area (Å²) in [5.41, 5.74) is 5.74. The van der Waals surface area contributed by atoms with Crippen molar-refractivity contribution in [3.05, 3.63) is 83.7 Å². The highest BCUT2D eigenvalue weighted by Gasteiger charge is 2.29. The molecule has 3 aromatic carbocycles. The lowest BCUT2D eigenvalue weighted by Gasteiger charge is -2.33. The van der Waals surface area contributed by atoms with Crippen molar-refractivity contribution >= 4 is 28.8 Å². The highest BCUT2D eigenvalue weighted by Crippen LogP contribution is 2.32. The molecule has 1 aliphatic carbocycles. The zero-order valence-corrected chi connectivity index (χ0v) is 27.5. The van der Waals surface area contributed by atoms with Gasteiger partial charge >= 0.3 is 12.1 Å². The Morgan fingerprint density at radius 3 is 2.38 bits per heavy atom. The van der Waals surface area contributed by atoms with Crippen LogP contribution in [0.5, 0.6) is 0 Å². The fourth-order valence-electron chi connectivity index (χ4n) is 6.23. The van der Waals surface area contributed by atoms with Crippen LogP contribution in [0.25, 0.3) is 22.2 Å². The third-order valence-corrected chi connectivity index (χ3v) is 8.40. The molecule has 0 N–H and O–H groups in total. The number of ether oxygens (including phenoxy) is 2. The van der Waals surface area contributed by atoms with Crippen molar-refractivity contribution in [3.8, 4) is 11.1 Å². The van der Waals surface area contributed by atoms with Crippen LogP contribution in [0, 0.1) is 0 Å². The molecule has 1 aromatic heterocycles. The third kappa shape index (κ3) is 7.75. The minimum Gasteiger partial charge on any atom is -0.456 e. The molecule has 0 unspecified atom stereocenters. The van der Waals surface area contributed by atoms with E-state index < -0.39 is 5.60 Å². The van der Waals surface area contributed by atoms with Crippen molar-refractivity contribution < 1.29 is 19.1 Å². The highest BCUT2D eigenvalue weighted by atomic mass is 16.6. The molecule has 0 atom stereocenters. The Morgan fingerprint density at radius 2 is 1.69 bits per heavy atom. The molecule has 238 valence electrons. The number of benzene rings is 3. The summed E-state index contributed by atoms with van der Waals surface area (Å²) in [6, 6.07) is 22.3. The maximum atomic E-state index is 13.2. The summed E-state index contributed by atoms with van der Waals surface area (Å²) in [7, 11) is 0. The number of hydrogen-bond acceptors (Lipinski definition) is 5. The molecule has 1 amide bonds. The molecule has 45 heavy (non-hydrogen) atoms. The Morgan fingerprint density at radius 1 is 0.956 bits per heavy atom. The lowest BCUT2D eigenvalue weighted by molar-refractivity contribution is 0.00703. The molecular weight excluding hydrogens is 562 g/mol.